The molecule has 2 rings (SSSR count). The van der Waals surface area contributed by atoms with E-state index in [4.69, 9.17) is 9.47 Å². The first kappa shape index (κ1) is 19.1. The Morgan fingerprint density at radius 2 is 1.96 bits per heavy atom. The fraction of sp³-hybridized carbons (Fsp3) is 0.611. The van der Waals surface area contributed by atoms with Crippen molar-refractivity contribution in [2.75, 3.05) is 19.8 Å². The number of nitrogens with one attached hydrogen (secondary N) is 2. The fourth-order valence-corrected chi connectivity index (χ4v) is 3.38. The molecule has 134 valence electrons. The molecular formula is C18H27BrN2O3. The highest BCUT2D eigenvalue weighted by Crippen LogP contribution is 2.34. The van der Waals surface area contributed by atoms with Crippen LogP contribution in [0, 0.1) is 0 Å². The Kier molecular flexibility index (Phi) is 7.37. The molecule has 1 aliphatic rings. The zero-order chi connectivity index (χ0) is 17.5. The molecule has 0 spiro atoms. The van der Waals surface area contributed by atoms with E-state index in [1.165, 1.54) is 0 Å². The summed E-state index contributed by atoms with van der Waals surface area (Å²) in [6.07, 6.45) is 2.43. The van der Waals surface area contributed by atoms with Crippen molar-refractivity contribution in [3.05, 3.63) is 22.2 Å². The summed E-state index contributed by atoms with van der Waals surface area (Å²) in [5.41, 5.74) is 0.899. The predicted octanol–water partition coefficient (Wildman–Crippen LogP) is 3.05. The van der Waals surface area contributed by atoms with E-state index in [0.717, 1.165) is 29.4 Å². The molecule has 1 aromatic carbocycles. The number of rotatable bonds is 7. The highest BCUT2D eigenvalue weighted by atomic mass is 79.9. The van der Waals surface area contributed by atoms with E-state index in [9.17, 15) is 4.79 Å². The standard InChI is InChI=1S/C18H27BrN2O3/c1-4-23-16-9-13(14(19)11-17(16)24-5-2)10-18(22)21-15-7-6-8-20-12(15)3/h9,11-12,15,20H,4-8,10H2,1-3H3,(H,21,22). The Balaban J connectivity index is 2.07. The molecule has 1 aromatic rings. The van der Waals surface area contributed by atoms with Gasteiger partial charge in [0.25, 0.3) is 0 Å². The molecule has 0 saturated carbocycles. The molecule has 1 fully saturated rings. The molecule has 2 unspecified atom stereocenters. The number of ether oxygens (including phenoxy) is 2. The summed E-state index contributed by atoms with van der Waals surface area (Å²) in [5.74, 6) is 1.40. The molecule has 0 aromatic heterocycles. The van der Waals surface area contributed by atoms with E-state index in [2.05, 4.69) is 33.5 Å². The van der Waals surface area contributed by atoms with Gasteiger partial charge in [-0.1, -0.05) is 15.9 Å². The van der Waals surface area contributed by atoms with Gasteiger partial charge in [-0.05, 0) is 57.9 Å². The molecule has 24 heavy (non-hydrogen) atoms. The van der Waals surface area contributed by atoms with Gasteiger partial charge in [-0.2, -0.15) is 0 Å². The Morgan fingerprint density at radius 1 is 1.29 bits per heavy atom. The number of hydrogen-bond donors (Lipinski definition) is 2. The quantitative estimate of drug-likeness (QED) is 0.740. The van der Waals surface area contributed by atoms with Crippen LogP contribution in [0.3, 0.4) is 0 Å². The highest BCUT2D eigenvalue weighted by Gasteiger charge is 2.23. The third-order valence-electron chi connectivity index (χ3n) is 4.17. The molecule has 1 amide bonds. The van der Waals surface area contributed by atoms with E-state index < -0.39 is 0 Å². The van der Waals surface area contributed by atoms with Crippen molar-refractivity contribution in [3.8, 4) is 11.5 Å². The molecular weight excluding hydrogens is 372 g/mol. The van der Waals surface area contributed by atoms with Gasteiger partial charge in [0, 0.05) is 16.6 Å². The molecule has 5 nitrogen and oxygen atoms in total. The van der Waals surface area contributed by atoms with Crippen molar-refractivity contribution < 1.29 is 14.3 Å². The number of amides is 1. The lowest BCUT2D eigenvalue weighted by molar-refractivity contribution is -0.121. The van der Waals surface area contributed by atoms with Crippen LogP contribution in [0.2, 0.25) is 0 Å². The minimum absolute atomic E-state index is 0.0304. The lowest BCUT2D eigenvalue weighted by Gasteiger charge is -2.30. The first-order chi connectivity index (χ1) is 11.5. The zero-order valence-corrected chi connectivity index (χ0v) is 16.2. The first-order valence-corrected chi connectivity index (χ1v) is 9.45. The Morgan fingerprint density at radius 3 is 2.58 bits per heavy atom. The van der Waals surface area contributed by atoms with Crippen LogP contribution in [0.4, 0.5) is 0 Å². The highest BCUT2D eigenvalue weighted by molar-refractivity contribution is 9.10. The van der Waals surface area contributed by atoms with Gasteiger partial charge in [-0.15, -0.1) is 0 Å². The van der Waals surface area contributed by atoms with Crippen molar-refractivity contribution in [1.82, 2.24) is 10.6 Å². The maximum atomic E-state index is 12.4. The van der Waals surface area contributed by atoms with E-state index in [1.54, 1.807) is 0 Å². The summed E-state index contributed by atoms with van der Waals surface area (Å²) in [5, 5.41) is 6.54. The minimum atomic E-state index is 0.0304. The molecule has 2 N–H and O–H groups in total. The number of hydrogen-bond acceptors (Lipinski definition) is 4. The second kappa shape index (κ2) is 9.28. The van der Waals surface area contributed by atoms with Crippen LogP contribution >= 0.6 is 15.9 Å². The van der Waals surface area contributed by atoms with E-state index in [0.29, 0.717) is 37.2 Å². The monoisotopic (exact) mass is 398 g/mol. The summed E-state index contributed by atoms with van der Waals surface area (Å²) >= 11 is 3.54. The predicted molar refractivity (Wildman–Crippen MR) is 98.8 cm³/mol. The third kappa shape index (κ3) is 5.11. The van der Waals surface area contributed by atoms with Crippen molar-refractivity contribution in [2.24, 2.45) is 0 Å². The van der Waals surface area contributed by atoms with Gasteiger partial charge in [0.05, 0.1) is 19.6 Å². The van der Waals surface area contributed by atoms with Gasteiger partial charge in [0.2, 0.25) is 5.91 Å². The lowest BCUT2D eigenvalue weighted by Crippen LogP contribution is -2.52. The van der Waals surface area contributed by atoms with E-state index >= 15 is 0 Å². The van der Waals surface area contributed by atoms with Crippen LogP contribution in [-0.2, 0) is 11.2 Å². The van der Waals surface area contributed by atoms with Crippen LogP contribution in [-0.4, -0.2) is 37.7 Å². The van der Waals surface area contributed by atoms with Gasteiger partial charge in [0.15, 0.2) is 11.5 Å². The first-order valence-electron chi connectivity index (χ1n) is 8.65. The summed E-state index contributed by atoms with van der Waals surface area (Å²) in [7, 11) is 0. The Labute approximate surface area is 152 Å². The largest absolute Gasteiger partial charge is 0.490 e. The summed E-state index contributed by atoms with van der Waals surface area (Å²) in [6.45, 7) is 8.13. The number of carbonyl (C=O) groups is 1. The SMILES string of the molecule is CCOc1cc(Br)c(CC(=O)NC2CCCNC2C)cc1OCC. The molecule has 1 aliphatic heterocycles. The zero-order valence-electron chi connectivity index (χ0n) is 14.7. The molecule has 1 saturated heterocycles. The number of piperidine rings is 1. The van der Waals surface area contributed by atoms with Gasteiger partial charge in [-0.3, -0.25) is 4.79 Å². The van der Waals surface area contributed by atoms with Crippen molar-refractivity contribution in [1.29, 1.82) is 0 Å². The minimum Gasteiger partial charge on any atom is -0.490 e. The fourth-order valence-electron chi connectivity index (χ4n) is 2.92. The summed E-state index contributed by atoms with van der Waals surface area (Å²) in [4.78, 5) is 12.4. The van der Waals surface area contributed by atoms with Gasteiger partial charge in [-0.25, -0.2) is 0 Å². The Bertz CT molecular complexity index is 565. The summed E-state index contributed by atoms with van der Waals surface area (Å²) < 4.78 is 12.1. The van der Waals surface area contributed by atoms with Crippen LogP contribution in [0.25, 0.3) is 0 Å². The maximum Gasteiger partial charge on any atom is 0.224 e. The number of carbonyl (C=O) groups excluding carboxylic acids is 1. The van der Waals surface area contributed by atoms with Gasteiger partial charge < -0.3 is 20.1 Å². The molecule has 6 heteroatoms. The second-order valence-electron chi connectivity index (χ2n) is 5.99. The van der Waals surface area contributed by atoms with Gasteiger partial charge >= 0.3 is 0 Å². The van der Waals surface area contributed by atoms with Crippen molar-refractivity contribution >= 4 is 21.8 Å². The second-order valence-corrected chi connectivity index (χ2v) is 6.85. The number of halogens is 1. The van der Waals surface area contributed by atoms with Crippen LogP contribution in [0.1, 0.15) is 39.2 Å². The van der Waals surface area contributed by atoms with E-state index in [1.807, 2.05) is 26.0 Å². The molecule has 1 heterocycles. The Hall–Kier alpha value is -1.27. The van der Waals surface area contributed by atoms with Crippen molar-refractivity contribution in [2.45, 2.75) is 52.1 Å². The lowest BCUT2D eigenvalue weighted by atomic mass is 9.99. The normalized spacial score (nSPS) is 20.5. The number of benzene rings is 1. The van der Waals surface area contributed by atoms with Crippen LogP contribution in [0.15, 0.2) is 16.6 Å². The van der Waals surface area contributed by atoms with Crippen molar-refractivity contribution in [3.63, 3.8) is 0 Å². The molecule has 0 aliphatic carbocycles. The third-order valence-corrected chi connectivity index (χ3v) is 4.91. The maximum absolute atomic E-state index is 12.4. The van der Waals surface area contributed by atoms with Gasteiger partial charge in [0.1, 0.15) is 0 Å². The average Bonchev–Trinajstić information content (AvgIpc) is 2.54. The summed E-state index contributed by atoms with van der Waals surface area (Å²) in [6, 6.07) is 4.27. The van der Waals surface area contributed by atoms with Crippen LogP contribution in [0.5, 0.6) is 11.5 Å². The topological polar surface area (TPSA) is 59.6 Å². The smallest absolute Gasteiger partial charge is 0.224 e. The molecule has 2 atom stereocenters. The van der Waals surface area contributed by atoms with Crippen LogP contribution < -0.4 is 20.1 Å². The molecule has 0 bridgehead atoms. The molecule has 0 radical (unpaired) electrons. The van der Waals surface area contributed by atoms with E-state index in [-0.39, 0.29) is 11.9 Å². The average molecular weight is 399 g/mol.